The largest absolute Gasteiger partial charge is 0.466 e. The molecule has 0 saturated carbocycles. The van der Waals surface area contributed by atoms with E-state index >= 15 is 0 Å². The average molecular weight is 321 g/mol. The van der Waals surface area contributed by atoms with Crippen molar-refractivity contribution >= 4 is 23.4 Å². The molecule has 2 heterocycles. The summed E-state index contributed by atoms with van der Waals surface area (Å²) in [5.74, 6) is 3.31. The zero-order valence-corrected chi connectivity index (χ0v) is 13.2. The number of halogens is 1. The lowest BCUT2D eigenvalue weighted by Crippen LogP contribution is -1.80. The van der Waals surface area contributed by atoms with Gasteiger partial charge in [-0.1, -0.05) is 11.6 Å². The maximum absolute atomic E-state index is 5.86. The van der Waals surface area contributed by atoms with E-state index in [2.05, 4.69) is 10.2 Å². The molecule has 108 valence electrons. The van der Waals surface area contributed by atoms with Gasteiger partial charge in [0.05, 0.1) is 11.3 Å². The average Bonchev–Trinajstić information content (AvgIpc) is 3.04. The lowest BCUT2D eigenvalue weighted by molar-refractivity contribution is 0.499. The van der Waals surface area contributed by atoms with E-state index < -0.39 is 0 Å². The molecule has 6 heteroatoms. The van der Waals surface area contributed by atoms with Gasteiger partial charge in [-0.3, -0.25) is 0 Å². The molecule has 0 radical (unpaired) electrons. The minimum Gasteiger partial charge on any atom is -0.466 e. The third-order valence-electron chi connectivity index (χ3n) is 2.91. The van der Waals surface area contributed by atoms with Crippen molar-refractivity contribution in [3.05, 3.63) is 52.8 Å². The fourth-order valence-corrected chi connectivity index (χ4v) is 2.80. The molecule has 0 bridgehead atoms. The van der Waals surface area contributed by atoms with E-state index in [1.807, 2.05) is 44.2 Å². The molecule has 3 rings (SSSR count). The van der Waals surface area contributed by atoms with Gasteiger partial charge in [-0.05, 0) is 44.2 Å². The van der Waals surface area contributed by atoms with Gasteiger partial charge in [-0.2, -0.15) is 0 Å². The zero-order valence-electron chi connectivity index (χ0n) is 11.6. The highest BCUT2D eigenvalue weighted by atomic mass is 35.5. The highest BCUT2D eigenvalue weighted by molar-refractivity contribution is 7.98. The van der Waals surface area contributed by atoms with E-state index in [0.29, 0.717) is 17.5 Å². The standard InChI is InChI=1S/C15H13ClN2O2S/c1-9-7-13(10(2)19-9)15-18-17-14(20-15)8-21-12-5-3-11(16)4-6-12/h3-7H,8H2,1-2H3. The van der Waals surface area contributed by atoms with Crippen molar-refractivity contribution in [2.45, 2.75) is 24.5 Å². The van der Waals surface area contributed by atoms with Crippen LogP contribution < -0.4 is 0 Å². The first-order valence-electron chi connectivity index (χ1n) is 6.40. The third-order valence-corrected chi connectivity index (χ3v) is 4.16. The number of thioether (sulfide) groups is 1. The highest BCUT2D eigenvalue weighted by Crippen LogP contribution is 2.28. The minimum atomic E-state index is 0.496. The number of aromatic nitrogens is 2. The first-order chi connectivity index (χ1) is 10.1. The Kier molecular flexibility index (Phi) is 4.03. The van der Waals surface area contributed by atoms with Gasteiger partial charge >= 0.3 is 0 Å². The molecule has 0 unspecified atom stereocenters. The molecule has 4 nitrogen and oxygen atoms in total. The Morgan fingerprint density at radius 3 is 2.52 bits per heavy atom. The molecule has 0 saturated heterocycles. The van der Waals surface area contributed by atoms with Crippen LogP contribution in [0.25, 0.3) is 11.5 Å². The van der Waals surface area contributed by atoms with Crippen LogP contribution in [-0.4, -0.2) is 10.2 Å². The Hall–Kier alpha value is -1.72. The summed E-state index contributed by atoms with van der Waals surface area (Å²) in [5, 5.41) is 8.87. The topological polar surface area (TPSA) is 52.1 Å². The van der Waals surface area contributed by atoms with Gasteiger partial charge in [0.25, 0.3) is 5.89 Å². The molecule has 2 aromatic heterocycles. The van der Waals surface area contributed by atoms with Crippen LogP contribution in [0.1, 0.15) is 17.4 Å². The van der Waals surface area contributed by atoms with Gasteiger partial charge in [0.15, 0.2) is 0 Å². The number of hydrogen-bond acceptors (Lipinski definition) is 5. The summed E-state index contributed by atoms with van der Waals surface area (Å²) >= 11 is 7.48. The zero-order chi connectivity index (χ0) is 14.8. The Labute approximate surface area is 131 Å². The minimum absolute atomic E-state index is 0.496. The number of aryl methyl sites for hydroxylation is 2. The normalized spacial score (nSPS) is 11.0. The second-order valence-electron chi connectivity index (χ2n) is 4.57. The summed E-state index contributed by atoms with van der Waals surface area (Å²) < 4.78 is 11.2. The van der Waals surface area contributed by atoms with E-state index in [4.69, 9.17) is 20.4 Å². The Bertz CT molecular complexity index is 749. The number of benzene rings is 1. The van der Waals surface area contributed by atoms with Crippen molar-refractivity contribution in [2.24, 2.45) is 0 Å². The number of furan rings is 1. The molecule has 0 N–H and O–H groups in total. The molecule has 0 spiro atoms. The second kappa shape index (κ2) is 5.95. The summed E-state index contributed by atoms with van der Waals surface area (Å²) in [6.07, 6.45) is 0. The molecule has 1 aromatic carbocycles. The first kappa shape index (κ1) is 14.2. The quantitative estimate of drug-likeness (QED) is 0.640. The van der Waals surface area contributed by atoms with Crippen LogP contribution in [0.4, 0.5) is 0 Å². The van der Waals surface area contributed by atoms with Gasteiger partial charge < -0.3 is 8.83 Å². The SMILES string of the molecule is Cc1cc(-c2nnc(CSc3ccc(Cl)cc3)o2)c(C)o1. The molecule has 0 aliphatic heterocycles. The number of hydrogen-bond donors (Lipinski definition) is 0. The molecular weight excluding hydrogens is 308 g/mol. The predicted octanol–water partition coefficient (Wildman–Crippen LogP) is 4.89. The van der Waals surface area contributed by atoms with Gasteiger partial charge in [-0.25, -0.2) is 0 Å². The van der Waals surface area contributed by atoms with Crippen LogP contribution in [0.2, 0.25) is 5.02 Å². The summed E-state index contributed by atoms with van der Waals surface area (Å²) in [6, 6.07) is 9.56. The smallest absolute Gasteiger partial charge is 0.251 e. The van der Waals surface area contributed by atoms with Gasteiger partial charge in [0, 0.05) is 9.92 Å². The maximum Gasteiger partial charge on any atom is 0.251 e. The Balaban J connectivity index is 1.70. The van der Waals surface area contributed by atoms with Crippen molar-refractivity contribution < 1.29 is 8.83 Å². The van der Waals surface area contributed by atoms with Crippen molar-refractivity contribution in [2.75, 3.05) is 0 Å². The monoisotopic (exact) mass is 320 g/mol. The predicted molar refractivity (Wildman–Crippen MR) is 82.5 cm³/mol. The van der Waals surface area contributed by atoms with E-state index in [1.165, 1.54) is 0 Å². The molecule has 0 atom stereocenters. The number of nitrogens with zero attached hydrogens (tertiary/aromatic N) is 2. The first-order valence-corrected chi connectivity index (χ1v) is 7.76. The number of rotatable bonds is 4. The van der Waals surface area contributed by atoms with Crippen molar-refractivity contribution in [3.8, 4) is 11.5 Å². The molecular formula is C15H13ClN2O2S. The van der Waals surface area contributed by atoms with E-state index in [0.717, 1.165) is 27.0 Å². The summed E-state index contributed by atoms with van der Waals surface area (Å²) in [6.45, 7) is 3.78. The molecule has 0 amide bonds. The van der Waals surface area contributed by atoms with Crippen LogP contribution in [-0.2, 0) is 5.75 Å². The summed E-state index contributed by atoms with van der Waals surface area (Å²) in [7, 11) is 0. The van der Waals surface area contributed by atoms with Crippen molar-refractivity contribution in [1.82, 2.24) is 10.2 Å². The molecule has 21 heavy (non-hydrogen) atoms. The molecule has 0 aliphatic rings. The van der Waals surface area contributed by atoms with Gasteiger partial charge in [0.1, 0.15) is 11.5 Å². The van der Waals surface area contributed by atoms with E-state index in [1.54, 1.807) is 11.8 Å². The Morgan fingerprint density at radius 2 is 1.86 bits per heavy atom. The van der Waals surface area contributed by atoms with E-state index in [9.17, 15) is 0 Å². The summed E-state index contributed by atoms with van der Waals surface area (Å²) in [4.78, 5) is 1.11. The lowest BCUT2D eigenvalue weighted by atomic mass is 10.2. The summed E-state index contributed by atoms with van der Waals surface area (Å²) in [5.41, 5.74) is 0.850. The fraction of sp³-hybridized carbons (Fsp3) is 0.200. The van der Waals surface area contributed by atoms with Crippen LogP contribution in [0, 0.1) is 13.8 Å². The van der Waals surface area contributed by atoms with Crippen LogP contribution >= 0.6 is 23.4 Å². The maximum atomic E-state index is 5.86. The second-order valence-corrected chi connectivity index (χ2v) is 6.06. The lowest BCUT2D eigenvalue weighted by Gasteiger charge is -1.98. The van der Waals surface area contributed by atoms with Crippen molar-refractivity contribution in [1.29, 1.82) is 0 Å². The molecule has 0 fully saturated rings. The van der Waals surface area contributed by atoms with Crippen LogP contribution in [0.3, 0.4) is 0 Å². The highest BCUT2D eigenvalue weighted by Gasteiger charge is 2.14. The van der Waals surface area contributed by atoms with E-state index in [-0.39, 0.29) is 0 Å². The molecule has 3 aromatic rings. The van der Waals surface area contributed by atoms with Crippen molar-refractivity contribution in [3.63, 3.8) is 0 Å². The molecule has 0 aliphatic carbocycles. The van der Waals surface area contributed by atoms with Gasteiger partial charge in [-0.15, -0.1) is 22.0 Å². The van der Waals surface area contributed by atoms with Crippen LogP contribution in [0.15, 0.2) is 44.1 Å². The fourth-order valence-electron chi connectivity index (χ4n) is 1.94. The third kappa shape index (κ3) is 3.31. The Morgan fingerprint density at radius 1 is 1.10 bits per heavy atom. The van der Waals surface area contributed by atoms with Gasteiger partial charge in [0.2, 0.25) is 5.89 Å². The van der Waals surface area contributed by atoms with Crippen LogP contribution in [0.5, 0.6) is 0 Å².